The number of rotatable bonds is 4. The van der Waals surface area contributed by atoms with E-state index < -0.39 is 0 Å². The highest BCUT2D eigenvalue weighted by Gasteiger charge is 2.31. The first-order chi connectivity index (χ1) is 8.58. The number of carbonyl (C=O) groups is 1. The van der Waals surface area contributed by atoms with E-state index in [0.29, 0.717) is 31.5 Å². The topological polar surface area (TPSA) is 40.5 Å². The second-order valence-corrected chi connectivity index (χ2v) is 4.93. The van der Waals surface area contributed by atoms with E-state index in [2.05, 4.69) is 0 Å². The molecule has 18 heavy (non-hydrogen) atoms. The molecule has 98 valence electrons. The second-order valence-electron chi connectivity index (χ2n) is 4.93. The Balaban J connectivity index is 1.83. The molecule has 1 aliphatic heterocycles. The van der Waals surface area contributed by atoms with Crippen LogP contribution in [0.3, 0.4) is 0 Å². The zero-order valence-electron chi connectivity index (χ0n) is 10.5. The van der Waals surface area contributed by atoms with Crippen LogP contribution in [0.1, 0.15) is 18.9 Å². The van der Waals surface area contributed by atoms with E-state index in [1.165, 1.54) is 6.07 Å². The minimum Gasteiger partial charge on any atom is -0.389 e. The number of β-amino-alcohol motifs (C(OH)–C–C–N with tert-alkyl or cyclic N) is 1. The highest BCUT2D eigenvalue weighted by atomic mass is 19.1. The van der Waals surface area contributed by atoms with Gasteiger partial charge in [0.25, 0.3) is 0 Å². The zero-order chi connectivity index (χ0) is 13.1. The summed E-state index contributed by atoms with van der Waals surface area (Å²) in [5.41, 5.74) is 0.654. The lowest BCUT2D eigenvalue weighted by molar-refractivity contribution is -0.145. The van der Waals surface area contributed by atoms with Gasteiger partial charge >= 0.3 is 0 Å². The van der Waals surface area contributed by atoms with Gasteiger partial charge in [0.15, 0.2) is 0 Å². The molecule has 1 aliphatic rings. The van der Waals surface area contributed by atoms with Crippen molar-refractivity contribution in [2.75, 3.05) is 13.1 Å². The summed E-state index contributed by atoms with van der Waals surface area (Å²) in [7, 11) is 0. The van der Waals surface area contributed by atoms with Gasteiger partial charge in [-0.05, 0) is 24.5 Å². The lowest BCUT2D eigenvalue weighted by Crippen LogP contribution is -2.55. The van der Waals surface area contributed by atoms with Crippen molar-refractivity contribution in [2.45, 2.75) is 25.9 Å². The largest absolute Gasteiger partial charge is 0.389 e. The van der Waals surface area contributed by atoms with Crippen molar-refractivity contribution < 1.29 is 14.3 Å². The Morgan fingerprint density at radius 2 is 2.17 bits per heavy atom. The Morgan fingerprint density at radius 1 is 1.50 bits per heavy atom. The molecular formula is C14H18FNO2. The van der Waals surface area contributed by atoms with E-state index in [0.717, 1.165) is 0 Å². The van der Waals surface area contributed by atoms with Gasteiger partial charge in [0.2, 0.25) is 5.91 Å². The molecule has 1 amide bonds. The standard InChI is InChI=1S/C14H18FNO2/c1-10(14(18)16-8-12(17)9-16)6-7-11-4-2-3-5-13(11)15/h2-5,10,12,17H,6-9H2,1H3. The number of aryl methyl sites for hydroxylation is 1. The molecule has 0 spiro atoms. The highest BCUT2D eigenvalue weighted by Crippen LogP contribution is 2.17. The Bertz CT molecular complexity index is 430. The molecule has 4 heteroatoms. The lowest BCUT2D eigenvalue weighted by Gasteiger charge is -2.37. The van der Waals surface area contributed by atoms with Crippen LogP contribution in [0, 0.1) is 11.7 Å². The van der Waals surface area contributed by atoms with E-state index in [1.54, 1.807) is 23.1 Å². The molecule has 0 radical (unpaired) electrons. The molecule has 1 heterocycles. The molecule has 1 atom stereocenters. The summed E-state index contributed by atoms with van der Waals surface area (Å²) < 4.78 is 13.4. The van der Waals surface area contributed by atoms with Gasteiger partial charge in [0.05, 0.1) is 6.10 Å². The summed E-state index contributed by atoms with van der Waals surface area (Å²) in [6.45, 7) is 2.72. The number of hydrogen-bond donors (Lipinski definition) is 1. The highest BCUT2D eigenvalue weighted by molar-refractivity contribution is 5.79. The van der Waals surface area contributed by atoms with Crippen LogP contribution in [0.15, 0.2) is 24.3 Å². The Labute approximate surface area is 106 Å². The van der Waals surface area contributed by atoms with E-state index >= 15 is 0 Å². The maximum Gasteiger partial charge on any atom is 0.225 e. The number of aliphatic hydroxyl groups excluding tert-OH is 1. The molecule has 2 rings (SSSR count). The average Bonchev–Trinajstić information content (AvgIpc) is 2.33. The van der Waals surface area contributed by atoms with Crippen LogP contribution in [0.5, 0.6) is 0 Å². The summed E-state index contributed by atoms with van der Waals surface area (Å²) in [4.78, 5) is 13.5. The third-order valence-electron chi connectivity index (χ3n) is 3.40. The summed E-state index contributed by atoms with van der Waals surface area (Å²) in [5, 5.41) is 9.15. The van der Waals surface area contributed by atoms with Crippen LogP contribution in [0.4, 0.5) is 4.39 Å². The SMILES string of the molecule is CC(CCc1ccccc1F)C(=O)N1CC(O)C1. The first-order valence-electron chi connectivity index (χ1n) is 6.28. The molecule has 0 aliphatic carbocycles. The average molecular weight is 251 g/mol. The fourth-order valence-corrected chi connectivity index (χ4v) is 2.14. The van der Waals surface area contributed by atoms with Crippen molar-refractivity contribution in [2.24, 2.45) is 5.92 Å². The number of likely N-dealkylation sites (tertiary alicyclic amines) is 1. The van der Waals surface area contributed by atoms with Gasteiger partial charge in [-0.3, -0.25) is 4.79 Å². The number of aliphatic hydroxyl groups is 1. The van der Waals surface area contributed by atoms with Crippen LogP contribution in [0.2, 0.25) is 0 Å². The Hall–Kier alpha value is -1.42. The molecule has 0 aromatic heterocycles. The van der Waals surface area contributed by atoms with Gasteiger partial charge < -0.3 is 10.0 Å². The predicted molar refractivity (Wildman–Crippen MR) is 66.5 cm³/mol. The molecule has 1 N–H and O–H groups in total. The van der Waals surface area contributed by atoms with Crippen molar-refractivity contribution in [1.29, 1.82) is 0 Å². The number of halogens is 1. The Kier molecular flexibility index (Phi) is 3.97. The van der Waals surface area contributed by atoms with Crippen LogP contribution < -0.4 is 0 Å². The molecule has 0 bridgehead atoms. The van der Waals surface area contributed by atoms with Gasteiger partial charge in [0, 0.05) is 19.0 Å². The molecule has 0 saturated carbocycles. The summed E-state index contributed by atoms with van der Waals surface area (Å²) in [6, 6.07) is 6.65. The lowest BCUT2D eigenvalue weighted by atomic mass is 9.98. The summed E-state index contributed by atoms with van der Waals surface area (Å²) in [6.07, 6.45) is 0.829. The minimum absolute atomic E-state index is 0.0524. The molecule has 1 unspecified atom stereocenters. The first kappa shape index (κ1) is 13.0. The van der Waals surface area contributed by atoms with Crippen LogP contribution >= 0.6 is 0 Å². The molecule has 1 aromatic rings. The maximum atomic E-state index is 13.4. The third-order valence-corrected chi connectivity index (χ3v) is 3.40. The molecular weight excluding hydrogens is 233 g/mol. The molecule has 1 fully saturated rings. The summed E-state index contributed by atoms with van der Waals surface area (Å²) in [5.74, 6) is -0.287. The zero-order valence-corrected chi connectivity index (χ0v) is 10.5. The van der Waals surface area contributed by atoms with Crippen LogP contribution in [0.25, 0.3) is 0 Å². The maximum absolute atomic E-state index is 13.4. The van der Waals surface area contributed by atoms with E-state index in [1.807, 2.05) is 6.92 Å². The molecule has 1 aromatic carbocycles. The smallest absolute Gasteiger partial charge is 0.225 e. The monoisotopic (exact) mass is 251 g/mol. The van der Waals surface area contributed by atoms with E-state index in [-0.39, 0.29) is 23.7 Å². The molecule has 3 nitrogen and oxygen atoms in total. The fourth-order valence-electron chi connectivity index (χ4n) is 2.14. The fraction of sp³-hybridized carbons (Fsp3) is 0.500. The van der Waals surface area contributed by atoms with Crippen molar-refractivity contribution >= 4 is 5.91 Å². The van der Waals surface area contributed by atoms with Crippen LogP contribution in [-0.2, 0) is 11.2 Å². The number of hydrogen-bond acceptors (Lipinski definition) is 2. The van der Waals surface area contributed by atoms with E-state index in [4.69, 9.17) is 5.11 Å². The van der Waals surface area contributed by atoms with Gasteiger partial charge in [-0.15, -0.1) is 0 Å². The normalized spacial score (nSPS) is 17.4. The quantitative estimate of drug-likeness (QED) is 0.883. The third kappa shape index (κ3) is 2.88. The van der Waals surface area contributed by atoms with Gasteiger partial charge in [-0.1, -0.05) is 25.1 Å². The van der Waals surface area contributed by atoms with Crippen molar-refractivity contribution in [3.63, 3.8) is 0 Å². The predicted octanol–water partition coefficient (Wildman–Crippen LogP) is 1.60. The molecule has 1 saturated heterocycles. The number of nitrogens with zero attached hydrogens (tertiary/aromatic N) is 1. The van der Waals surface area contributed by atoms with Crippen molar-refractivity contribution in [3.05, 3.63) is 35.6 Å². The number of amides is 1. The summed E-state index contributed by atoms with van der Waals surface area (Å²) >= 11 is 0. The van der Waals surface area contributed by atoms with Crippen molar-refractivity contribution in [3.8, 4) is 0 Å². The van der Waals surface area contributed by atoms with Crippen molar-refractivity contribution in [1.82, 2.24) is 4.90 Å². The Morgan fingerprint density at radius 3 is 2.78 bits per heavy atom. The van der Waals surface area contributed by atoms with Gasteiger partial charge in [0.1, 0.15) is 5.82 Å². The minimum atomic E-state index is -0.368. The first-order valence-corrected chi connectivity index (χ1v) is 6.28. The van der Waals surface area contributed by atoms with Gasteiger partial charge in [-0.2, -0.15) is 0 Å². The number of benzene rings is 1. The van der Waals surface area contributed by atoms with Crippen LogP contribution in [-0.4, -0.2) is 35.1 Å². The second kappa shape index (κ2) is 5.48. The van der Waals surface area contributed by atoms with Gasteiger partial charge in [-0.25, -0.2) is 4.39 Å². The van der Waals surface area contributed by atoms with E-state index in [9.17, 15) is 9.18 Å². The number of carbonyl (C=O) groups excluding carboxylic acids is 1.